The largest absolute Gasteiger partial charge is 0.312 e. The Kier molecular flexibility index (Phi) is 5.56. The van der Waals surface area contributed by atoms with Gasteiger partial charge in [-0.3, -0.25) is 0 Å². The van der Waals surface area contributed by atoms with Gasteiger partial charge in [0.15, 0.2) is 0 Å². The van der Waals surface area contributed by atoms with Gasteiger partial charge in [0.1, 0.15) is 8.07 Å². The third-order valence-electron chi connectivity index (χ3n) is 11.6. The van der Waals surface area contributed by atoms with Crippen LogP contribution in [0, 0.1) is 6.92 Å². The lowest BCUT2D eigenvalue weighted by molar-refractivity contribution is 1.17. The Hall–Kier alpha value is -5.78. The zero-order chi connectivity index (χ0) is 33.3. The molecule has 50 heavy (non-hydrogen) atoms. The summed E-state index contributed by atoms with van der Waals surface area (Å²) in [4.78, 5) is 5.14. The Morgan fingerprint density at radius 2 is 1.12 bits per heavy atom. The molecule has 7 aromatic carbocycles. The predicted molar refractivity (Wildman–Crippen MR) is 216 cm³/mol. The van der Waals surface area contributed by atoms with Gasteiger partial charge in [-0.1, -0.05) is 110 Å². The third kappa shape index (κ3) is 3.55. The number of aromatic nitrogens is 1. The molecule has 0 amide bonds. The summed E-state index contributed by atoms with van der Waals surface area (Å²) in [5.74, 6) is 0. The van der Waals surface area contributed by atoms with Crippen molar-refractivity contribution in [2.24, 2.45) is 0 Å². The Morgan fingerprint density at radius 1 is 0.480 bits per heavy atom. The normalized spacial score (nSPS) is 14.7. The summed E-state index contributed by atoms with van der Waals surface area (Å²) in [6, 6.07) is 57.0. The maximum absolute atomic E-state index is 2.61. The van der Waals surface area contributed by atoms with E-state index in [-0.39, 0.29) is 6.71 Å². The number of hydrogen-bond donors (Lipinski definition) is 0. The SMILES string of the molecule is Cc1cc2c3c(c1)N1c4ccccc4[Si](C)(C)c4cccc(c41)B3c1ccc(-n3c4ccccc4c4ccccc43)cc1N2c1ccccc1. The van der Waals surface area contributed by atoms with Crippen molar-refractivity contribution in [1.82, 2.24) is 4.57 Å². The average Bonchev–Trinajstić information content (AvgIpc) is 3.48. The Balaban J connectivity index is 1.25. The summed E-state index contributed by atoms with van der Waals surface area (Å²) >= 11 is 0. The molecule has 3 aliphatic heterocycles. The molecule has 0 N–H and O–H groups in total. The van der Waals surface area contributed by atoms with E-state index in [1.54, 1.807) is 0 Å². The van der Waals surface area contributed by atoms with Crippen LogP contribution in [0.5, 0.6) is 0 Å². The highest BCUT2D eigenvalue weighted by Crippen LogP contribution is 2.46. The lowest BCUT2D eigenvalue weighted by atomic mass is 9.33. The molecule has 4 heterocycles. The van der Waals surface area contributed by atoms with Gasteiger partial charge in [0.05, 0.1) is 11.0 Å². The molecule has 0 spiro atoms. The van der Waals surface area contributed by atoms with Crippen molar-refractivity contribution in [2.75, 3.05) is 9.80 Å². The fraction of sp³-hybridized carbons (Fsp3) is 0.0667. The van der Waals surface area contributed by atoms with Crippen LogP contribution in [0.4, 0.5) is 34.1 Å². The summed E-state index contributed by atoms with van der Waals surface area (Å²) in [6.07, 6.45) is 0. The van der Waals surface area contributed by atoms with Crippen molar-refractivity contribution in [3.8, 4) is 5.69 Å². The van der Waals surface area contributed by atoms with Crippen LogP contribution >= 0.6 is 0 Å². The van der Waals surface area contributed by atoms with Gasteiger partial charge < -0.3 is 14.4 Å². The highest BCUT2D eigenvalue weighted by atomic mass is 28.3. The molecule has 3 aliphatic rings. The van der Waals surface area contributed by atoms with Gasteiger partial charge in [0, 0.05) is 50.6 Å². The lowest BCUT2D eigenvalue weighted by Crippen LogP contribution is -2.67. The minimum Gasteiger partial charge on any atom is -0.312 e. The highest BCUT2D eigenvalue weighted by molar-refractivity contribution is 7.05. The molecule has 0 fully saturated rings. The molecular formula is C45H34BN3Si. The predicted octanol–water partition coefficient (Wildman–Crippen LogP) is 8.31. The monoisotopic (exact) mass is 655 g/mol. The van der Waals surface area contributed by atoms with Crippen molar-refractivity contribution < 1.29 is 0 Å². The van der Waals surface area contributed by atoms with Crippen molar-refractivity contribution in [1.29, 1.82) is 0 Å². The van der Waals surface area contributed by atoms with E-state index >= 15 is 0 Å². The van der Waals surface area contributed by atoms with Crippen molar-refractivity contribution in [3.05, 3.63) is 157 Å². The molecule has 5 heteroatoms. The molecule has 0 saturated carbocycles. The van der Waals surface area contributed by atoms with E-state index in [0.717, 1.165) is 0 Å². The Bertz CT molecular complexity index is 2680. The van der Waals surface area contributed by atoms with Gasteiger partial charge >= 0.3 is 0 Å². The first kappa shape index (κ1) is 28.1. The average molecular weight is 656 g/mol. The smallest absolute Gasteiger partial charge is 0.252 e. The number of para-hydroxylation sites is 5. The summed E-state index contributed by atoms with van der Waals surface area (Å²) < 4.78 is 2.45. The van der Waals surface area contributed by atoms with Gasteiger partial charge in [-0.2, -0.15) is 0 Å². The zero-order valence-corrected chi connectivity index (χ0v) is 29.4. The zero-order valence-electron chi connectivity index (χ0n) is 28.4. The van der Waals surface area contributed by atoms with Crippen molar-refractivity contribution in [2.45, 2.75) is 20.0 Å². The summed E-state index contributed by atoms with van der Waals surface area (Å²) in [7, 11) is -1.97. The van der Waals surface area contributed by atoms with Crippen LogP contribution in [0.15, 0.2) is 152 Å². The molecule has 11 rings (SSSR count). The number of benzene rings is 7. The Labute approximate surface area is 293 Å². The first-order valence-corrected chi connectivity index (χ1v) is 20.7. The van der Waals surface area contributed by atoms with E-state index in [1.807, 2.05) is 0 Å². The molecular weight excluding hydrogens is 621 g/mol. The van der Waals surface area contributed by atoms with E-state index in [4.69, 9.17) is 0 Å². The number of nitrogens with zero attached hydrogens (tertiary/aromatic N) is 3. The maximum atomic E-state index is 2.61. The van der Waals surface area contributed by atoms with Crippen LogP contribution in [-0.2, 0) is 0 Å². The first-order valence-electron chi connectivity index (χ1n) is 17.7. The Morgan fingerprint density at radius 3 is 1.88 bits per heavy atom. The fourth-order valence-corrected chi connectivity index (χ4v) is 12.5. The lowest BCUT2D eigenvalue weighted by Gasteiger charge is -2.49. The standard InChI is InChI=1S/C45H34BN3Si/c1-29-26-40-44-41(27-29)49-38-21-11-12-22-42(38)50(2,3)43-23-13-18-35(45(43)49)46(44)34-25-24-31(28-39(34)47(40)30-14-5-4-6-15-30)48-36-19-9-7-16-32(36)33-17-8-10-20-37(33)48/h4-28H,1-3H3. The van der Waals surface area contributed by atoms with E-state index in [9.17, 15) is 0 Å². The van der Waals surface area contributed by atoms with E-state index in [1.165, 1.54) is 93.9 Å². The molecule has 0 atom stereocenters. The van der Waals surface area contributed by atoms with Crippen LogP contribution in [-0.4, -0.2) is 19.4 Å². The second-order valence-corrected chi connectivity index (χ2v) is 19.0. The number of anilines is 6. The molecule has 0 radical (unpaired) electrons. The van der Waals surface area contributed by atoms with E-state index in [2.05, 4.69) is 186 Å². The summed E-state index contributed by atoms with van der Waals surface area (Å²) in [6.45, 7) is 7.43. The summed E-state index contributed by atoms with van der Waals surface area (Å²) in [5.41, 5.74) is 16.8. The van der Waals surface area contributed by atoms with Gasteiger partial charge in [-0.05, 0) is 93.8 Å². The quantitative estimate of drug-likeness (QED) is 0.174. The minimum atomic E-state index is -1.97. The van der Waals surface area contributed by atoms with E-state index < -0.39 is 8.07 Å². The highest BCUT2D eigenvalue weighted by Gasteiger charge is 2.48. The van der Waals surface area contributed by atoms with Crippen LogP contribution in [0.1, 0.15) is 5.56 Å². The molecule has 3 nitrogen and oxygen atoms in total. The van der Waals surface area contributed by atoms with Crippen LogP contribution in [0.3, 0.4) is 0 Å². The molecule has 0 bridgehead atoms. The maximum Gasteiger partial charge on any atom is 0.252 e. The number of hydrogen-bond acceptors (Lipinski definition) is 2. The third-order valence-corrected chi connectivity index (χ3v) is 15.1. The van der Waals surface area contributed by atoms with Crippen LogP contribution < -0.4 is 36.6 Å². The van der Waals surface area contributed by atoms with Gasteiger partial charge in [0.25, 0.3) is 6.71 Å². The number of fused-ring (bicyclic) bond motifs is 9. The fourth-order valence-electron chi connectivity index (χ4n) is 9.46. The van der Waals surface area contributed by atoms with E-state index in [0.29, 0.717) is 0 Å². The van der Waals surface area contributed by atoms with Gasteiger partial charge in [0.2, 0.25) is 0 Å². The van der Waals surface area contributed by atoms with Gasteiger partial charge in [-0.25, -0.2) is 0 Å². The van der Waals surface area contributed by atoms with Crippen LogP contribution in [0.25, 0.3) is 27.5 Å². The minimum absolute atomic E-state index is 0.115. The second-order valence-electron chi connectivity index (χ2n) is 14.7. The van der Waals surface area contributed by atoms with Crippen molar-refractivity contribution in [3.63, 3.8) is 0 Å². The topological polar surface area (TPSA) is 11.4 Å². The molecule has 0 aliphatic carbocycles. The second kappa shape index (κ2) is 9.90. The van der Waals surface area contributed by atoms with Crippen LogP contribution in [0.2, 0.25) is 13.1 Å². The molecule has 0 unspecified atom stereocenters. The molecule has 236 valence electrons. The molecule has 1 aromatic heterocycles. The summed E-state index contributed by atoms with van der Waals surface area (Å²) in [5, 5.41) is 5.59. The molecule has 8 aromatic rings. The number of aryl methyl sites for hydroxylation is 1. The number of rotatable bonds is 2. The first-order chi connectivity index (χ1) is 24.5. The van der Waals surface area contributed by atoms with Gasteiger partial charge in [-0.15, -0.1) is 0 Å². The van der Waals surface area contributed by atoms with Crippen molar-refractivity contribution >= 4 is 97.5 Å². The molecule has 0 saturated heterocycles.